The topological polar surface area (TPSA) is 117 Å². The summed E-state index contributed by atoms with van der Waals surface area (Å²) in [7, 11) is -1.80. The molecule has 0 aliphatic heterocycles. The number of sulfonamides is 1. The molecule has 0 fully saturated rings. The summed E-state index contributed by atoms with van der Waals surface area (Å²) in [4.78, 5) is 23.5. The molecule has 1 aromatic carbocycles. The average molecular weight is 409 g/mol. The van der Waals surface area contributed by atoms with Gasteiger partial charge in [0.1, 0.15) is 0 Å². The number of nitrogens with zero attached hydrogens (tertiary/aromatic N) is 2. The molecule has 0 amide bonds. The van der Waals surface area contributed by atoms with Crippen LogP contribution in [-0.4, -0.2) is 44.4 Å². The molecule has 1 aromatic heterocycles. The van der Waals surface area contributed by atoms with E-state index in [1.54, 1.807) is 18.5 Å². The van der Waals surface area contributed by atoms with E-state index < -0.39 is 22.0 Å². The van der Waals surface area contributed by atoms with Gasteiger partial charge in [0.2, 0.25) is 0 Å². The highest BCUT2D eigenvalue weighted by atomic mass is 32.2. The van der Waals surface area contributed by atoms with Crippen LogP contribution < -0.4 is 4.72 Å². The number of ether oxygens (including phenoxy) is 2. The van der Waals surface area contributed by atoms with E-state index in [4.69, 9.17) is 0 Å². The number of hydrogen-bond donors (Lipinski definition) is 1. The molecular formula is C18H23N3O6S. The number of carbonyl (C=O) groups excluding carboxylic acids is 2. The molecule has 0 bridgehead atoms. The van der Waals surface area contributed by atoms with Crippen LogP contribution >= 0.6 is 0 Å². The molecule has 0 atom stereocenters. The van der Waals surface area contributed by atoms with Crippen LogP contribution in [0.5, 0.6) is 0 Å². The third kappa shape index (κ3) is 4.16. The minimum atomic E-state index is -4.12. The molecule has 1 N–H and O–H groups in total. The Morgan fingerprint density at radius 1 is 1.04 bits per heavy atom. The number of nitrogens with one attached hydrogen (secondary N) is 1. The summed E-state index contributed by atoms with van der Waals surface area (Å²) in [5.41, 5.74) is 1.33. The van der Waals surface area contributed by atoms with Crippen LogP contribution in [0.15, 0.2) is 23.1 Å². The van der Waals surface area contributed by atoms with Crippen molar-refractivity contribution in [2.45, 2.75) is 38.6 Å². The molecule has 0 spiro atoms. The predicted molar refractivity (Wildman–Crippen MR) is 102 cm³/mol. The number of aryl methyl sites for hydroxylation is 1. The maximum Gasteiger partial charge on any atom is 0.337 e. The lowest BCUT2D eigenvalue weighted by molar-refractivity contribution is 0.0598. The molecular weight excluding hydrogens is 386 g/mol. The summed E-state index contributed by atoms with van der Waals surface area (Å²) in [6, 6.07) is 3.53. The minimum Gasteiger partial charge on any atom is -0.465 e. The molecule has 0 radical (unpaired) electrons. The number of rotatable bonds is 6. The zero-order valence-corrected chi connectivity index (χ0v) is 17.4. The Balaban J connectivity index is 2.57. The number of anilines is 1. The van der Waals surface area contributed by atoms with Gasteiger partial charge in [-0.1, -0.05) is 0 Å². The zero-order chi connectivity index (χ0) is 21.2. The second-order valence-corrected chi connectivity index (χ2v) is 8.10. The van der Waals surface area contributed by atoms with Crippen LogP contribution in [0.3, 0.4) is 0 Å². The van der Waals surface area contributed by atoms with E-state index in [2.05, 4.69) is 19.3 Å². The van der Waals surface area contributed by atoms with Crippen LogP contribution in [0.4, 0.5) is 5.69 Å². The molecule has 2 rings (SSSR count). The van der Waals surface area contributed by atoms with Crippen molar-refractivity contribution in [2.24, 2.45) is 0 Å². The van der Waals surface area contributed by atoms with E-state index >= 15 is 0 Å². The van der Waals surface area contributed by atoms with Crippen molar-refractivity contribution in [1.29, 1.82) is 0 Å². The van der Waals surface area contributed by atoms with Gasteiger partial charge in [-0.3, -0.25) is 9.40 Å². The van der Waals surface area contributed by atoms with Gasteiger partial charge in [0.05, 0.1) is 47.3 Å². The van der Waals surface area contributed by atoms with Crippen molar-refractivity contribution in [3.8, 4) is 0 Å². The van der Waals surface area contributed by atoms with Crippen molar-refractivity contribution in [1.82, 2.24) is 9.78 Å². The lowest BCUT2D eigenvalue weighted by Crippen LogP contribution is -2.17. The zero-order valence-electron chi connectivity index (χ0n) is 16.6. The molecule has 28 heavy (non-hydrogen) atoms. The SMILES string of the molecule is COC(=O)c1cc(C(=O)OC)cc(S(=O)(=O)Nc2c(C)nn(C(C)C)c2C)c1. The van der Waals surface area contributed by atoms with Gasteiger partial charge in [0, 0.05) is 6.04 Å². The number of carbonyl (C=O) groups is 2. The number of benzene rings is 1. The second kappa shape index (κ2) is 8.01. The van der Waals surface area contributed by atoms with Gasteiger partial charge in [-0.15, -0.1) is 0 Å². The van der Waals surface area contributed by atoms with Crippen LogP contribution in [-0.2, 0) is 19.5 Å². The largest absolute Gasteiger partial charge is 0.465 e. The number of esters is 2. The maximum absolute atomic E-state index is 13.0. The van der Waals surface area contributed by atoms with Crippen LogP contribution in [0.25, 0.3) is 0 Å². The standard InChI is InChI=1S/C18H23N3O6S/c1-10(2)21-12(4)16(11(3)19-21)20-28(24,25)15-8-13(17(22)26-5)7-14(9-15)18(23)27-6/h7-10,20H,1-6H3. The highest BCUT2D eigenvalue weighted by Crippen LogP contribution is 2.26. The first-order chi connectivity index (χ1) is 13.0. The number of methoxy groups -OCH3 is 2. The predicted octanol–water partition coefficient (Wildman–Crippen LogP) is 2.45. The first kappa shape index (κ1) is 21.4. The van der Waals surface area contributed by atoms with E-state index in [1.807, 2.05) is 13.8 Å². The number of aromatic nitrogens is 2. The summed E-state index contributed by atoms with van der Waals surface area (Å²) in [6.07, 6.45) is 0. The van der Waals surface area contributed by atoms with Crippen molar-refractivity contribution >= 4 is 27.6 Å². The fraction of sp³-hybridized carbons (Fsp3) is 0.389. The van der Waals surface area contributed by atoms with E-state index in [0.29, 0.717) is 17.1 Å². The Morgan fingerprint density at radius 3 is 1.93 bits per heavy atom. The van der Waals surface area contributed by atoms with Crippen LogP contribution in [0.1, 0.15) is 52.0 Å². The van der Waals surface area contributed by atoms with Crippen molar-refractivity contribution in [3.05, 3.63) is 40.7 Å². The Hall–Kier alpha value is -2.88. The van der Waals surface area contributed by atoms with Gasteiger partial charge in [-0.05, 0) is 45.9 Å². The summed E-state index contributed by atoms with van der Waals surface area (Å²) in [6.45, 7) is 7.30. The van der Waals surface area contributed by atoms with E-state index in [-0.39, 0.29) is 22.1 Å². The lowest BCUT2D eigenvalue weighted by Gasteiger charge is -2.12. The summed E-state index contributed by atoms with van der Waals surface area (Å²) in [5, 5.41) is 4.35. The quantitative estimate of drug-likeness (QED) is 0.728. The Bertz CT molecular complexity index is 990. The van der Waals surface area contributed by atoms with Gasteiger partial charge < -0.3 is 9.47 Å². The Labute approximate surface area is 163 Å². The maximum atomic E-state index is 13.0. The van der Waals surface area contributed by atoms with E-state index in [1.165, 1.54) is 6.07 Å². The summed E-state index contributed by atoms with van der Waals surface area (Å²) >= 11 is 0. The third-order valence-electron chi connectivity index (χ3n) is 4.11. The Kier molecular flexibility index (Phi) is 6.13. The first-order valence-corrected chi connectivity index (χ1v) is 9.90. The van der Waals surface area contributed by atoms with Crippen molar-refractivity contribution in [3.63, 3.8) is 0 Å². The Morgan fingerprint density at radius 2 is 1.54 bits per heavy atom. The molecule has 152 valence electrons. The monoisotopic (exact) mass is 409 g/mol. The normalized spacial score (nSPS) is 11.4. The molecule has 0 unspecified atom stereocenters. The van der Waals surface area contributed by atoms with Gasteiger partial charge in [-0.2, -0.15) is 5.10 Å². The van der Waals surface area contributed by atoms with E-state index in [9.17, 15) is 18.0 Å². The van der Waals surface area contributed by atoms with Gasteiger partial charge in [0.15, 0.2) is 0 Å². The molecule has 0 aliphatic carbocycles. The molecule has 0 aliphatic rings. The van der Waals surface area contributed by atoms with Gasteiger partial charge >= 0.3 is 11.9 Å². The molecule has 0 saturated heterocycles. The first-order valence-electron chi connectivity index (χ1n) is 8.42. The van der Waals surface area contributed by atoms with Gasteiger partial charge in [0.25, 0.3) is 10.0 Å². The molecule has 1 heterocycles. The smallest absolute Gasteiger partial charge is 0.337 e. The highest BCUT2D eigenvalue weighted by Gasteiger charge is 2.24. The lowest BCUT2D eigenvalue weighted by atomic mass is 10.1. The highest BCUT2D eigenvalue weighted by molar-refractivity contribution is 7.92. The van der Waals surface area contributed by atoms with Crippen LogP contribution in [0.2, 0.25) is 0 Å². The fourth-order valence-corrected chi connectivity index (χ4v) is 3.98. The van der Waals surface area contributed by atoms with Crippen LogP contribution in [0, 0.1) is 13.8 Å². The van der Waals surface area contributed by atoms with E-state index in [0.717, 1.165) is 26.4 Å². The molecule has 9 nitrogen and oxygen atoms in total. The van der Waals surface area contributed by atoms with Crippen molar-refractivity contribution < 1.29 is 27.5 Å². The minimum absolute atomic E-state index is 0.0468. The molecule has 2 aromatic rings. The summed E-state index contributed by atoms with van der Waals surface area (Å²) < 4.78 is 39.4. The second-order valence-electron chi connectivity index (χ2n) is 6.42. The third-order valence-corrected chi connectivity index (χ3v) is 5.44. The van der Waals surface area contributed by atoms with Gasteiger partial charge in [-0.25, -0.2) is 18.0 Å². The number of hydrogen-bond acceptors (Lipinski definition) is 7. The van der Waals surface area contributed by atoms with Crippen molar-refractivity contribution in [2.75, 3.05) is 18.9 Å². The molecule has 0 saturated carbocycles. The fourth-order valence-electron chi connectivity index (χ4n) is 2.73. The summed E-state index contributed by atoms with van der Waals surface area (Å²) in [5.74, 6) is -1.55. The average Bonchev–Trinajstić information content (AvgIpc) is 2.94. The molecule has 10 heteroatoms.